The lowest BCUT2D eigenvalue weighted by molar-refractivity contribution is -0.135. The zero-order valence-corrected chi connectivity index (χ0v) is 4.79. The van der Waals surface area contributed by atoms with Crippen molar-refractivity contribution < 1.29 is 19.8 Å². The van der Waals surface area contributed by atoms with Crippen LogP contribution >= 0.6 is 0 Å². The molecule has 0 spiro atoms. The Morgan fingerprint density at radius 1 is 1.33 bits per heavy atom. The van der Waals surface area contributed by atoms with Crippen LogP contribution < -0.4 is 0 Å². The highest BCUT2D eigenvalue weighted by Gasteiger charge is 2.02. The van der Waals surface area contributed by atoms with E-state index < -0.39 is 17.5 Å². The average Bonchev–Trinajstić information content (AvgIpc) is 1.63. The summed E-state index contributed by atoms with van der Waals surface area (Å²) in [6, 6.07) is 0. The van der Waals surface area contributed by atoms with E-state index in [0.29, 0.717) is 6.08 Å². The van der Waals surface area contributed by atoms with Crippen LogP contribution in [0.2, 0.25) is 0 Å². The molecule has 0 aromatic heterocycles. The topological polar surface area (TPSA) is 74.6 Å². The molecule has 0 aliphatic carbocycles. The van der Waals surface area contributed by atoms with Gasteiger partial charge in [0.05, 0.1) is 0 Å². The van der Waals surface area contributed by atoms with Crippen LogP contribution in [0.5, 0.6) is 0 Å². The summed E-state index contributed by atoms with van der Waals surface area (Å²) in [5.74, 6) is -2.91. The van der Waals surface area contributed by atoms with Gasteiger partial charge in [-0.25, -0.2) is 4.79 Å². The van der Waals surface area contributed by atoms with Gasteiger partial charge in [-0.1, -0.05) is 0 Å². The van der Waals surface area contributed by atoms with Gasteiger partial charge in [0.25, 0.3) is 0 Å². The van der Waals surface area contributed by atoms with E-state index in [1.54, 1.807) is 0 Å². The highest BCUT2D eigenvalue weighted by atomic mass is 16.4. The quantitative estimate of drug-likeness (QED) is 0.410. The molecule has 0 aliphatic heterocycles. The van der Waals surface area contributed by atoms with E-state index in [-0.39, 0.29) is 0 Å². The summed E-state index contributed by atoms with van der Waals surface area (Å²) in [4.78, 5) is 19.8. The van der Waals surface area contributed by atoms with Crippen molar-refractivity contribution >= 4 is 11.8 Å². The molecular formula is C5H6O4. The van der Waals surface area contributed by atoms with E-state index in [2.05, 4.69) is 0 Å². The molecule has 0 unspecified atom stereocenters. The molecule has 0 rings (SSSR count). The van der Waals surface area contributed by atoms with Crippen LogP contribution in [-0.4, -0.2) is 22.0 Å². The van der Waals surface area contributed by atoms with Crippen molar-refractivity contribution in [3.05, 3.63) is 11.8 Å². The van der Waals surface area contributed by atoms with Crippen molar-refractivity contribution in [3.8, 4) is 0 Å². The summed E-state index contributed by atoms with van der Waals surface area (Å²) in [5, 5.41) is 16.3. The number of ketones is 1. The van der Waals surface area contributed by atoms with Gasteiger partial charge < -0.3 is 10.2 Å². The molecule has 4 heteroatoms. The minimum absolute atomic E-state index is 0.491. The first-order valence-corrected chi connectivity index (χ1v) is 2.18. The molecular weight excluding hydrogens is 124 g/mol. The zero-order chi connectivity index (χ0) is 7.44. The number of hydrogen-bond donors (Lipinski definition) is 2. The molecule has 0 saturated heterocycles. The van der Waals surface area contributed by atoms with Crippen LogP contribution in [0.1, 0.15) is 6.92 Å². The fourth-order valence-corrected chi connectivity index (χ4v) is 0.254. The Morgan fingerprint density at radius 2 is 1.78 bits per heavy atom. The molecule has 0 aromatic rings. The van der Waals surface area contributed by atoms with Crippen LogP contribution in [0.15, 0.2) is 11.8 Å². The lowest BCUT2D eigenvalue weighted by Gasteiger charge is -1.86. The lowest BCUT2D eigenvalue weighted by Crippen LogP contribution is -2.00. The third-order valence-electron chi connectivity index (χ3n) is 0.559. The van der Waals surface area contributed by atoms with Gasteiger partial charge in [-0.05, 0) is 6.92 Å². The molecule has 9 heavy (non-hydrogen) atoms. The molecule has 0 amide bonds. The standard InChI is InChI=1S/C5H6O4/c1-3(6)2-4(7)5(8)9/h2,7H,1H3,(H,8,9)/b4-2-. The van der Waals surface area contributed by atoms with Gasteiger partial charge in [-0.3, -0.25) is 4.79 Å². The Bertz CT molecular complexity index is 168. The van der Waals surface area contributed by atoms with Gasteiger partial charge in [0.15, 0.2) is 5.78 Å². The summed E-state index contributed by atoms with van der Waals surface area (Å²) in [6.45, 7) is 1.15. The number of allylic oxidation sites excluding steroid dienone is 1. The Balaban J connectivity index is 4.17. The molecule has 0 atom stereocenters. The third-order valence-corrected chi connectivity index (χ3v) is 0.559. The van der Waals surface area contributed by atoms with E-state index in [0.717, 1.165) is 6.92 Å². The molecule has 2 N–H and O–H groups in total. The van der Waals surface area contributed by atoms with Crippen molar-refractivity contribution in [2.75, 3.05) is 0 Å². The highest BCUT2D eigenvalue weighted by Crippen LogP contribution is 1.86. The van der Waals surface area contributed by atoms with Gasteiger partial charge in [-0.15, -0.1) is 0 Å². The van der Waals surface area contributed by atoms with E-state index in [1.165, 1.54) is 0 Å². The molecule has 0 heterocycles. The van der Waals surface area contributed by atoms with Gasteiger partial charge in [0.2, 0.25) is 5.76 Å². The predicted octanol–water partition coefficient (Wildman–Crippen LogP) is 0.102. The smallest absolute Gasteiger partial charge is 0.371 e. The number of carbonyl (C=O) groups excluding carboxylic acids is 1. The first-order chi connectivity index (χ1) is 4.04. The number of carboxylic acid groups (broad SMARTS) is 1. The zero-order valence-electron chi connectivity index (χ0n) is 4.79. The van der Waals surface area contributed by atoms with Crippen molar-refractivity contribution in [1.29, 1.82) is 0 Å². The van der Waals surface area contributed by atoms with Crippen molar-refractivity contribution in [2.45, 2.75) is 6.92 Å². The van der Waals surface area contributed by atoms with Gasteiger partial charge in [0.1, 0.15) is 0 Å². The number of hydrogen-bond acceptors (Lipinski definition) is 3. The van der Waals surface area contributed by atoms with E-state index in [4.69, 9.17) is 10.2 Å². The molecule has 0 aromatic carbocycles. The van der Waals surface area contributed by atoms with Crippen molar-refractivity contribution in [3.63, 3.8) is 0 Å². The van der Waals surface area contributed by atoms with E-state index in [9.17, 15) is 9.59 Å². The Labute approximate surface area is 51.4 Å². The molecule has 4 nitrogen and oxygen atoms in total. The second-order valence-corrected chi connectivity index (χ2v) is 1.45. The van der Waals surface area contributed by atoms with E-state index in [1.807, 2.05) is 0 Å². The van der Waals surface area contributed by atoms with Gasteiger partial charge >= 0.3 is 5.97 Å². The summed E-state index contributed by atoms with van der Waals surface area (Å²) in [6.07, 6.45) is 0.641. The Hall–Kier alpha value is -1.32. The largest absolute Gasteiger partial charge is 0.502 e. The van der Waals surface area contributed by atoms with Crippen LogP contribution in [-0.2, 0) is 9.59 Å². The molecule has 0 bridgehead atoms. The summed E-state index contributed by atoms with van der Waals surface area (Å²) in [7, 11) is 0. The van der Waals surface area contributed by atoms with Crippen LogP contribution in [0, 0.1) is 0 Å². The van der Waals surface area contributed by atoms with Crippen molar-refractivity contribution in [1.82, 2.24) is 0 Å². The van der Waals surface area contributed by atoms with Crippen molar-refractivity contribution in [2.24, 2.45) is 0 Å². The highest BCUT2D eigenvalue weighted by molar-refractivity contribution is 5.95. The maximum Gasteiger partial charge on any atom is 0.371 e. The number of carbonyl (C=O) groups is 2. The number of rotatable bonds is 2. The summed E-state index contributed by atoms with van der Waals surface area (Å²) in [5.41, 5.74) is 0. The lowest BCUT2D eigenvalue weighted by atomic mass is 10.3. The van der Waals surface area contributed by atoms with Crippen LogP contribution in [0.4, 0.5) is 0 Å². The molecule has 0 saturated carbocycles. The van der Waals surface area contributed by atoms with Crippen LogP contribution in [0.3, 0.4) is 0 Å². The minimum atomic E-state index is -1.50. The van der Waals surface area contributed by atoms with Gasteiger partial charge in [0, 0.05) is 6.08 Å². The maximum absolute atomic E-state index is 10.1. The average molecular weight is 130 g/mol. The predicted molar refractivity (Wildman–Crippen MR) is 29.0 cm³/mol. The third kappa shape index (κ3) is 3.28. The number of aliphatic carboxylic acids is 1. The fraction of sp³-hybridized carbons (Fsp3) is 0.200. The fourth-order valence-electron chi connectivity index (χ4n) is 0.254. The molecule has 50 valence electrons. The molecule has 0 aliphatic rings. The van der Waals surface area contributed by atoms with Gasteiger partial charge in [-0.2, -0.15) is 0 Å². The molecule has 0 fully saturated rings. The first kappa shape index (κ1) is 7.68. The number of aliphatic hydroxyl groups excluding tert-OH is 1. The Kier molecular flexibility index (Phi) is 2.44. The maximum atomic E-state index is 10.1. The minimum Gasteiger partial charge on any atom is -0.502 e. The SMILES string of the molecule is CC(=O)/C=C(\O)C(=O)O. The molecule has 0 radical (unpaired) electrons. The summed E-state index contributed by atoms with van der Waals surface area (Å²) >= 11 is 0. The van der Waals surface area contributed by atoms with Crippen LogP contribution in [0.25, 0.3) is 0 Å². The number of carboxylic acids is 1. The van der Waals surface area contributed by atoms with E-state index >= 15 is 0 Å². The number of aliphatic hydroxyl groups is 1. The Morgan fingerprint density at radius 3 is 1.89 bits per heavy atom. The normalized spacial score (nSPS) is 11.0. The second-order valence-electron chi connectivity index (χ2n) is 1.45. The summed E-state index contributed by atoms with van der Waals surface area (Å²) < 4.78 is 0. The first-order valence-electron chi connectivity index (χ1n) is 2.18. The monoisotopic (exact) mass is 130 g/mol. The second kappa shape index (κ2) is 2.86.